The van der Waals surface area contributed by atoms with E-state index in [1.54, 1.807) is 30.3 Å². The first-order valence-corrected chi connectivity index (χ1v) is 12.2. The Morgan fingerprint density at radius 3 is 2.42 bits per heavy atom. The highest BCUT2D eigenvalue weighted by Gasteiger charge is 2.33. The van der Waals surface area contributed by atoms with Gasteiger partial charge in [0.05, 0.1) is 21.6 Å². The average molecular weight is 655 g/mol. The predicted molar refractivity (Wildman–Crippen MR) is 140 cm³/mol. The molecule has 8 nitrogen and oxygen atoms in total. The summed E-state index contributed by atoms with van der Waals surface area (Å²) in [7, 11) is 0. The number of alkyl halides is 3. The van der Waals surface area contributed by atoms with Crippen molar-refractivity contribution in [3.8, 4) is 23.3 Å². The number of carbonyl (C=O) groups excluding carboxylic acids is 1. The highest BCUT2D eigenvalue weighted by atomic mass is 79.9. The molecule has 196 valence electrons. The minimum atomic E-state index is -4.80. The van der Waals surface area contributed by atoms with E-state index in [2.05, 4.69) is 37.2 Å². The van der Waals surface area contributed by atoms with E-state index in [1.807, 2.05) is 6.92 Å². The molecule has 0 heterocycles. The normalized spacial score (nSPS) is 11.4. The third-order valence-corrected chi connectivity index (χ3v) is 5.87. The maximum absolute atomic E-state index is 13.1. The molecule has 0 fully saturated rings. The fourth-order valence-corrected chi connectivity index (χ4v) is 4.47. The lowest BCUT2D eigenvalue weighted by molar-refractivity contribution is -0.385. The molecular formula is C25H16Br2F3N3O5. The van der Waals surface area contributed by atoms with E-state index in [4.69, 9.17) is 9.47 Å². The van der Waals surface area contributed by atoms with Crippen molar-refractivity contribution in [1.82, 2.24) is 0 Å². The number of hydrogen-bond donors (Lipinski definition) is 1. The van der Waals surface area contributed by atoms with Crippen LogP contribution < -0.4 is 14.8 Å². The number of nitro benzene ring substituents is 1. The van der Waals surface area contributed by atoms with Gasteiger partial charge in [-0.2, -0.15) is 18.4 Å². The topological polar surface area (TPSA) is 114 Å². The lowest BCUT2D eigenvalue weighted by Crippen LogP contribution is -2.13. The fourth-order valence-electron chi connectivity index (χ4n) is 3.13. The molecule has 0 unspecified atom stereocenters. The summed E-state index contributed by atoms with van der Waals surface area (Å²) in [5, 5.41) is 23.7. The summed E-state index contributed by atoms with van der Waals surface area (Å²) in [4.78, 5) is 23.3. The molecule has 0 saturated heterocycles. The molecule has 3 aromatic rings. The molecule has 0 atom stereocenters. The Labute approximate surface area is 231 Å². The number of carbonyl (C=O) groups is 1. The first kappa shape index (κ1) is 28.7. The van der Waals surface area contributed by atoms with Crippen LogP contribution >= 0.6 is 31.9 Å². The number of anilines is 1. The summed E-state index contributed by atoms with van der Waals surface area (Å²) in [5.41, 5.74) is -1.94. The van der Waals surface area contributed by atoms with Crippen molar-refractivity contribution in [2.75, 3.05) is 11.9 Å². The van der Waals surface area contributed by atoms with E-state index in [-0.39, 0.29) is 21.4 Å². The number of nitriles is 1. The van der Waals surface area contributed by atoms with Crippen molar-refractivity contribution in [2.24, 2.45) is 0 Å². The van der Waals surface area contributed by atoms with Crippen LogP contribution in [0.5, 0.6) is 17.2 Å². The number of benzene rings is 3. The van der Waals surface area contributed by atoms with Gasteiger partial charge in [-0.1, -0.05) is 15.9 Å². The predicted octanol–water partition coefficient (Wildman–Crippen LogP) is 7.88. The Morgan fingerprint density at radius 1 is 1.16 bits per heavy atom. The molecular weight excluding hydrogens is 639 g/mol. The number of nitro groups is 1. The van der Waals surface area contributed by atoms with Crippen LogP contribution in [0.3, 0.4) is 0 Å². The number of nitrogens with zero attached hydrogens (tertiary/aromatic N) is 2. The standard InChI is InChI=1S/C25H16Br2F3N3O5/c1-2-37-19-6-4-18(5-7-19)32-24(34)15(13-31)9-14-10-17(26)12-20(27)23(14)38-22-8-3-16(25(28,29)30)11-21(22)33(35)36/h3-12H,2H2,1H3,(H,32,34)/b15-9+. The van der Waals surface area contributed by atoms with Crippen molar-refractivity contribution < 1.29 is 32.4 Å². The maximum Gasteiger partial charge on any atom is 0.416 e. The van der Waals surface area contributed by atoms with Crippen LogP contribution in [0.4, 0.5) is 24.5 Å². The zero-order valence-corrected chi connectivity index (χ0v) is 22.5. The molecule has 3 rings (SSSR count). The van der Waals surface area contributed by atoms with Gasteiger partial charge in [0.15, 0.2) is 0 Å². The number of rotatable bonds is 8. The lowest BCUT2D eigenvalue weighted by atomic mass is 10.1. The number of nitrogens with one attached hydrogen (secondary N) is 1. The first-order valence-electron chi connectivity index (χ1n) is 10.6. The van der Waals surface area contributed by atoms with Gasteiger partial charge < -0.3 is 14.8 Å². The molecule has 0 bridgehead atoms. The van der Waals surface area contributed by atoms with E-state index in [0.717, 1.165) is 6.07 Å². The Balaban J connectivity index is 1.99. The van der Waals surface area contributed by atoms with Crippen LogP contribution in [0, 0.1) is 21.4 Å². The first-order chi connectivity index (χ1) is 17.9. The Bertz CT molecular complexity index is 1450. The largest absolute Gasteiger partial charge is 0.494 e. The summed E-state index contributed by atoms with van der Waals surface area (Å²) in [6.45, 7) is 2.29. The molecule has 38 heavy (non-hydrogen) atoms. The van der Waals surface area contributed by atoms with E-state index in [0.29, 0.717) is 34.6 Å². The Kier molecular flexibility index (Phi) is 9.13. The maximum atomic E-state index is 13.1. The molecule has 0 saturated carbocycles. The van der Waals surface area contributed by atoms with Gasteiger partial charge in [0, 0.05) is 21.8 Å². The molecule has 0 aromatic heterocycles. The van der Waals surface area contributed by atoms with Gasteiger partial charge in [0.1, 0.15) is 23.1 Å². The molecule has 13 heteroatoms. The van der Waals surface area contributed by atoms with Gasteiger partial charge >= 0.3 is 11.9 Å². The van der Waals surface area contributed by atoms with Crippen LogP contribution in [0.1, 0.15) is 18.1 Å². The van der Waals surface area contributed by atoms with Crippen LogP contribution in [0.15, 0.2) is 69.1 Å². The summed E-state index contributed by atoms with van der Waals surface area (Å²) >= 11 is 6.54. The van der Waals surface area contributed by atoms with Gasteiger partial charge in [-0.3, -0.25) is 14.9 Å². The Morgan fingerprint density at radius 2 is 1.84 bits per heavy atom. The van der Waals surface area contributed by atoms with Crippen molar-refractivity contribution in [3.05, 3.63) is 90.4 Å². The van der Waals surface area contributed by atoms with Gasteiger partial charge in [0.25, 0.3) is 5.91 Å². The number of halogens is 5. The monoisotopic (exact) mass is 653 g/mol. The lowest BCUT2D eigenvalue weighted by Gasteiger charge is -2.14. The van der Waals surface area contributed by atoms with Crippen LogP contribution in [-0.2, 0) is 11.0 Å². The highest BCUT2D eigenvalue weighted by molar-refractivity contribution is 9.11. The van der Waals surface area contributed by atoms with E-state index in [1.165, 1.54) is 18.2 Å². The van der Waals surface area contributed by atoms with Crippen molar-refractivity contribution in [1.29, 1.82) is 5.26 Å². The minimum absolute atomic E-state index is 0.0716. The Hall–Kier alpha value is -3.89. The molecule has 1 amide bonds. The number of amides is 1. The molecule has 0 aliphatic rings. The summed E-state index contributed by atoms with van der Waals surface area (Å²) in [6, 6.07) is 13.1. The molecule has 0 spiro atoms. The van der Waals surface area contributed by atoms with Gasteiger partial charge in [-0.05, 0) is 77.5 Å². The highest BCUT2D eigenvalue weighted by Crippen LogP contribution is 2.42. The van der Waals surface area contributed by atoms with Crippen molar-refractivity contribution in [2.45, 2.75) is 13.1 Å². The second kappa shape index (κ2) is 12.1. The van der Waals surface area contributed by atoms with Crippen LogP contribution in [0.25, 0.3) is 6.08 Å². The SMILES string of the molecule is CCOc1ccc(NC(=O)/C(C#N)=C/c2cc(Br)cc(Br)c2Oc2ccc(C(F)(F)F)cc2[N+](=O)[O-])cc1. The second-order valence-corrected chi connectivity index (χ2v) is 9.20. The third-order valence-electron chi connectivity index (χ3n) is 4.82. The van der Waals surface area contributed by atoms with E-state index < -0.39 is 34.0 Å². The third kappa shape index (κ3) is 7.11. The molecule has 0 aliphatic heterocycles. The summed E-state index contributed by atoms with van der Waals surface area (Å²) < 4.78 is 51.0. The van der Waals surface area contributed by atoms with Crippen molar-refractivity contribution in [3.63, 3.8) is 0 Å². The summed E-state index contributed by atoms with van der Waals surface area (Å²) in [6.07, 6.45) is -3.61. The molecule has 1 N–H and O–H groups in total. The fraction of sp³-hybridized carbons (Fsp3) is 0.120. The van der Waals surface area contributed by atoms with E-state index in [9.17, 15) is 33.3 Å². The second-order valence-electron chi connectivity index (χ2n) is 7.43. The minimum Gasteiger partial charge on any atom is -0.494 e. The van der Waals surface area contributed by atoms with Crippen molar-refractivity contribution >= 4 is 55.2 Å². The molecule has 0 aliphatic carbocycles. The smallest absolute Gasteiger partial charge is 0.416 e. The summed E-state index contributed by atoms with van der Waals surface area (Å²) in [5.74, 6) is -0.699. The van der Waals surface area contributed by atoms with Gasteiger partial charge in [-0.15, -0.1) is 0 Å². The molecule has 0 radical (unpaired) electrons. The quantitative estimate of drug-likeness (QED) is 0.114. The van der Waals surface area contributed by atoms with E-state index >= 15 is 0 Å². The number of ether oxygens (including phenoxy) is 2. The van der Waals surface area contributed by atoms with Crippen LogP contribution in [0.2, 0.25) is 0 Å². The zero-order chi connectivity index (χ0) is 28.0. The van der Waals surface area contributed by atoms with Gasteiger partial charge in [-0.25, -0.2) is 0 Å². The van der Waals surface area contributed by atoms with Crippen LogP contribution in [-0.4, -0.2) is 17.4 Å². The molecule has 3 aromatic carbocycles. The number of hydrogen-bond acceptors (Lipinski definition) is 6. The van der Waals surface area contributed by atoms with Gasteiger partial charge in [0.2, 0.25) is 5.75 Å². The zero-order valence-electron chi connectivity index (χ0n) is 19.3. The average Bonchev–Trinajstić information content (AvgIpc) is 2.85.